The molecule has 1 amide bonds. The predicted molar refractivity (Wildman–Crippen MR) is 93.6 cm³/mol. The maximum atomic E-state index is 12.5. The number of amides is 1. The number of nitrogens with zero attached hydrogens (tertiary/aromatic N) is 1. The normalized spacial score (nSPS) is 22.0. The van der Waals surface area contributed by atoms with E-state index < -0.39 is 0 Å². The molecule has 1 saturated heterocycles. The first-order valence-corrected chi connectivity index (χ1v) is 9.08. The van der Waals surface area contributed by atoms with Gasteiger partial charge in [-0.1, -0.05) is 12.1 Å². The second-order valence-corrected chi connectivity index (χ2v) is 7.75. The number of carbonyl (C=O) groups is 1. The monoisotopic (exact) mass is 327 g/mol. The highest BCUT2D eigenvalue weighted by atomic mass is 32.1. The number of carbonyl (C=O) groups excluding carboxylic acids is 1. The Morgan fingerprint density at radius 2 is 2.04 bits per heavy atom. The van der Waals surface area contributed by atoms with Crippen molar-refractivity contribution >= 4 is 22.9 Å². The fourth-order valence-corrected chi connectivity index (χ4v) is 4.27. The number of thiazole rings is 1. The molecular formula is C18H21N3OS. The van der Waals surface area contributed by atoms with Crippen LogP contribution in [0.2, 0.25) is 0 Å². The van der Waals surface area contributed by atoms with Crippen molar-refractivity contribution in [3.05, 3.63) is 34.7 Å². The SMILES string of the molecule is Cc1nc(-c2ccc(NC(=O)C3CC34CCNCC4)cc2)cs1. The number of hydrogen-bond donors (Lipinski definition) is 2. The quantitative estimate of drug-likeness (QED) is 0.908. The van der Waals surface area contributed by atoms with Crippen LogP contribution in [0.3, 0.4) is 0 Å². The average Bonchev–Trinajstić information content (AvgIpc) is 3.07. The first-order chi connectivity index (χ1) is 11.2. The van der Waals surface area contributed by atoms with Gasteiger partial charge >= 0.3 is 0 Å². The summed E-state index contributed by atoms with van der Waals surface area (Å²) in [7, 11) is 0. The Labute approximate surface area is 140 Å². The lowest BCUT2D eigenvalue weighted by atomic mass is 9.92. The fourth-order valence-electron chi connectivity index (χ4n) is 3.65. The number of rotatable bonds is 3. The molecule has 2 fully saturated rings. The van der Waals surface area contributed by atoms with Gasteiger partial charge in [0.15, 0.2) is 0 Å². The Hall–Kier alpha value is -1.72. The summed E-state index contributed by atoms with van der Waals surface area (Å²) in [6.07, 6.45) is 3.32. The number of aryl methyl sites for hydroxylation is 1. The van der Waals surface area contributed by atoms with Crippen LogP contribution < -0.4 is 10.6 Å². The van der Waals surface area contributed by atoms with Crippen molar-refractivity contribution in [1.29, 1.82) is 0 Å². The third-order valence-electron chi connectivity index (χ3n) is 5.17. The maximum absolute atomic E-state index is 12.5. The van der Waals surface area contributed by atoms with Crippen LogP contribution >= 0.6 is 11.3 Å². The number of hydrogen-bond acceptors (Lipinski definition) is 4. The molecule has 1 saturated carbocycles. The van der Waals surface area contributed by atoms with Crippen molar-refractivity contribution in [2.45, 2.75) is 26.2 Å². The molecule has 1 aliphatic carbocycles. The van der Waals surface area contributed by atoms with Gasteiger partial charge in [-0.3, -0.25) is 4.79 Å². The molecule has 2 aromatic rings. The van der Waals surface area contributed by atoms with E-state index in [4.69, 9.17) is 0 Å². The molecule has 2 aliphatic rings. The minimum absolute atomic E-state index is 0.184. The molecule has 5 heteroatoms. The van der Waals surface area contributed by atoms with Crippen molar-refractivity contribution < 1.29 is 4.79 Å². The summed E-state index contributed by atoms with van der Waals surface area (Å²) in [5, 5.41) is 9.59. The first kappa shape index (κ1) is 14.8. The van der Waals surface area contributed by atoms with E-state index in [0.717, 1.165) is 54.3 Å². The van der Waals surface area contributed by atoms with Gasteiger partial charge in [0.2, 0.25) is 5.91 Å². The summed E-state index contributed by atoms with van der Waals surface area (Å²) in [5.74, 6) is 0.384. The molecule has 4 rings (SSSR count). The van der Waals surface area contributed by atoms with E-state index in [2.05, 4.69) is 21.0 Å². The van der Waals surface area contributed by atoms with E-state index in [1.807, 2.05) is 31.2 Å². The molecule has 1 atom stereocenters. The summed E-state index contributed by atoms with van der Waals surface area (Å²) in [4.78, 5) is 17.0. The standard InChI is InChI=1S/C18H21N3OS/c1-12-20-16(11-23-12)13-2-4-14(5-3-13)21-17(22)15-10-18(15)6-8-19-9-7-18/h2-5,11,15,19H,6-10H2,1H3,(H,21,22). The van der Waals surface area contributed by atoms with Crippen LogP contribution in [-0.4, -0.2) is 24.0 Å². The summed E-state index contributed by atoms with van der Waals surface area (Å²) >= 11 is 1.65. The highest BCUT2D eigenvalue weighted by Gasteiger charge is 2.57. The van der Waals surface area contributed by atoms with E-state index in [0.29, 0.717) is 0 Å². The summed E-state index contributed by atoms with van der Waals surface area (Å²) < 4.78 is 0. The zero-order chi connectivity index (χ0) is 15.9. The predicted octanol–water partition coefficient (Wildman–Crippen LogP) is 3.45. The third kappa shape index (κ3) is 2.91. The minimum Gasteiger partial charge on any atom is -0.326 e. The molecule has 120 valence electrons. The van der Waals surface area contributed by atoms with Crippen LogP contribution in [0, 0.1) is 18.3 Å². The second kappa shape index (κ2) is 5.73. The van der Waals surface area contributed by atoms with Crippen molar-refractivity contribution in [2.24, 2.45) is 11.3 Å². The molecule has 2 heterocycles. The second-order valence-electron chi connectivity index (χ2n) is 6.69. The van der Waals surface area contributed by atoms with E-state index in [9.17, 15) is 4.79 Å². The largest absolute Gasteiger partial charge is 0.326 e. The molecule has 0 bridgehead atoms. The van der Waals surface area contributed by atoms with Gasteiger partial charge < -0.3 is 10.6 Å². The Kier molecular flexibility index (Phi) is 3.70. The number of nitrogens with one attached hydrogen (secondary N) is 2. The van der Waals surface area contributed by atoms with Gasteiger partial charge in [-0.2, -0.15) is 0 Å². The molecule has 4 nitrogen and oxygen atoms in total. The Bertz CT molecular complexity index is 716. The van der Waals surface area contributed by atoms with Crippen molar-refractivity contribution in [3.63, 3.8) is 0 Å². The Morgan fingerprint density at radius 3 is 2.70 bits per heavy atom. The van der Waals surface area contributed by atoms with E-state index in [-0.39, 0.29) is 17.2 Å². The Balaban J connectivity index is 1.40. The van der Waals surface area contributed by atoms with Crippen molar-refractivity contribution in [2.75, 3.05) is 18.4 Å². The van der Waals surface area contributed by atoms with E-state index in [1.54, 1.807) is 11.3 Å². The topological polar surface area (TPSA) is 54.0 Å². The zero-order valence-corrected chi connectivity index (χ0v) is 14.1. The molecule has 1 aliphatic heterocycles. The van der Waals surface area contributed by atoms with Gasteiger partial charge in [-0.05, 0) is 56.8 Å². The summed E-state index contributed by atoms with van der Waals surface area (Å²) in [5.41, 5.74) is 3.25. The van der Waals surface area contributed by atoms with Crippen molar-refractivity contribution in [3.8, 4) is 11.3 Å². The molecule has 2 N–H and O–H groups in total. The molecule has 1 unspecified atom stereocenters. The average molecular weight is 327 g/mol. The third-order valence-corrected chi connectivity index (χ3v) is 5.95. The van der Waals surface area contributed by atoms with Gasteiger partial charge in [0, 0.05) is 22.5 Å². The highest BCUT2D eigenvalue weighted by molar-refractivity contribution is 7.09. The van der Waals surface area contributed by atoms with Crippen LogP contribution in [0.25, 0.3) is 11.3 Å². The van der Waals surface area contributed by atoms with Crippen LogP contribution in [0.4, 0.5) is 5.69 Å². The van der Waals surface area contributed by atoms with Gasteiger partial charge in [-0.25, -0.2) is 4.98 Å². The molecule has 23 heavy (non-hydrogen) atoms. The van der Waals surface area contributed by atoms with Crippen LogP contribution in [0.1, 0.15) is 24.3 Å². The number of anilines is 1. The van der Waals surface area contributed by atoms with Gasteiger partial charge in [-0.15, -0.1) is 11.3 Å². The van der Waals surface area contributed by atoms with E-state index in [1.165, 1.54) is 0 Å². The molecule has 1 aromatic carbocycles. The fraction of sp³-hybridized carbons (Fsp3) is 0.444. The molecule has 1 spiro atoms. The maximum Gasteiger partial charge on any atom is 0.228 e. The molecule has 1 aromatic heterocycles. The minimum atomic E-state index is 0.184. The highest BCUT2D eigenvalue weighted by Crippen LogP contribution is 2.58. The molecular weight excluding hydrogens is 306 g/mol. The van der Waals surface area contributed by atoms with Gasteiger partial charge in [0.25, 0.3) is 0 Å². The Morgan fingerprint density at radius 1 is 1.30 bits per heavy atom. The van der Waals surface area contributed by atoms with Crippen LogP contribution in [0.5, 0.6) is 0 Å². The summed E-state index contributed by atoms with van der Waals surface area (Å²) in [6, 6.07) is 7.99. The van der Waals surface area contributed by atoms with Crippen LogP contribution in [-0.2, 0) is 4.79 Å². The lowest BCUT2D eigenvalue weighted by Crippen LogP contribution is -2.31. The first-order valence-electron chi connectivity index (χ1n) is 8.20. The lowest BCUT2D eigenvalue weighted by molar-refractivity contribution is -0.118. The number of aromatic nitrogens is 1. The molecule has 0 radical (unpaired) electrons. The van der Waals surface area contributed by atoms with Gasteiger partial charge in [0.05, 0.1) is 10.7 Å². The smallest absolute Gasteiger partial charge is 0.228 e. The summed E-state index contributed by atoms with van der Waals surface area (Å²) in [6.45, 7) is 4.10. The number of benzene rings is 1. The van der Waals surface area contributed by atoms with Gasteiger partial charge in [0.1, 0.15) is 0 Å². The van der Waals surface area contributed by atoms with Crippen molar-refractivity contribution in [1.82, 2.24) is 10.3 Å². The zero-order valence-electron chi connectivity index (χ0n) is 13.3. The number of piperidine rings is 1. The van der Waals surface area contributed by atoms with E-state index >= 15 is 0 Å². The lowest BCUT2D eigenvalue weighted by Gasteiger charge is -2.23. The van der Waals surface area contributed by atoms with Crippen LogP contribution in [0.15, 0.2) is 29.6 Å².